The molecule has 0 atom stereocenters. The number of pyridine rings is 1. The summed E-state index contributed by atoms with van der Waals surface area (Å²) in [6.07, 6.45) is 4.80. The Labute approximate surface area is 176 Å². The second-order valence-corrected chi connectivity index (χ2v) is 8.48. The minimum atomic E-state index is -0.817. The lowest BCUT2D eigenvalue weighted by atomic mass is 9.77. The molecule has 1 aromatic heterocycles. The van der Waals surface area contributed by atoms with Crippen molar-refractivity contribution in [2.45, 2.75) is 44.7 Å². The standard InChI is InChI=1S/C21H29N5O4/c1-15-2-5-21(6-3-15)19(28)26(20(29)24-21)14-18(27)23-13-16-4-7-22-17(12-16)25-8-10-30-11-9-25/h4,7,12,15H,2-3,5-6,8-11,13-14H2,1H3,(H,23,27)(H,24,29). The maximum atomic E-state index is 12.9. The molecule has 162 valence electrons. The highest BCUT2D eigenvalue weighted by atomic mass is 16.5. The summed E-state index contributed by atoms with van der Waals surface area (Å²) in [6, 6.07) is 3.32. The number of morpholine rings is 1. The molecule has 1 saturated carbocycles. The number of carbonyl (C=O) groups is 3. The van der Waals surface area contributed by atoms with Crippen LogP contribution in [0, 0.1) is 5.92 Å². The molecule has 4 rings (SSSR count). The molecule has 1 aliphatic carbocycles. The second kappa shape index (κ2) is 8.59. The van der Waals surface area contributed by atoms with Gasteiger partial charge < -0.3 is 20.3 Å². The molecule has 9 heteroatoms. The molecule has 3 fully saturated rings. The molecule has 9 nitrogen and oxygen atoms in total. The van der Waals surface area contributed by atoms with Gasteiger partial charge in [0, 0.05) is 25.8 Å². The predicted octanol–water partition coefficient (Wildman–Crippen LogP) is 1.04. The summed E-state index contributed by atoms with van der Waals surface area (Å²) in [5.41, 5.74) is 0.0944. The molecular weight excluding hydrogens is 386 g/mol. The van der Waals surface area contributed by atoms with Crippen molar-refractivity contribution >= 4 is 23.7 Å². The zero-order chi connectivity index (χ0) is 21.1. The molecule has 4 amide bonds. The van der Waals surface area contributed by atoms with Gasteiger partial charge in [-0.15, -0.1) is 0 Å². The van der Waals surface area contributed by atoms with Crippen LogP contribution < -0.4 is 15.5 Å². The Balaban J connectivity index is 1.32. The third-order valence-electron chi connectivity index (χ3n) is 6.31. The molecule has 2 N–H and O–H groups in total. The summed E-state index contributed by atoms with van der Waals surface area (Å²) in [5, 5.41) is 5.66. The average Bonchev–Trinajstić information content (AvgIpc) is 2.99. The molecule has 0 unspecified atom stereocenters. The van der Waals surface area contributed by atoms with Crippen molar-refractivity contribution in [3.63, 3.8) is 0 Å². The first kappa shape index (κ1) is 20.6. The fourth-order valence-electron chi connectivity index (χ4n) is 4.35. The van der Waals surface area contributed by atoms with Crippen LogP contribution in [0.3, 0.4) is 0 Å². The van der Waals surface area contributed by atoms with Gasteiger partial charge in [0.25, 0.3) is 5.91 Å². The molecule has 2 aliphatic heterocycles. The molecule has 3 heterocycles. The van der Waals surface area contributed by atoms with E-state index in [4.69, 9.17) is 4.74 Å². The molecular formula is C21H29N5O4. The third kappa shape index (κ3) is 4.26. The number of imide groups is 1. The van der Waals surface area contributed by atoms with Crippen molar-refractivity contribution in [2.75, 3.05) is 37.7 Å². The van der Waals surface area contributed by atoms with Crippen molar-refractivity contribution in [1.29, 1.82) is 0 Å². The van der Waals surface area contributed by atoms with Crippen LogP contribution in [-0.4, -0.2) is 66.1 Å². The number of hydrogen-bond acceptors (Lipinski definition) is 6. The van der Waals surface area contributed by atoms with Crippen LogP contribution in [0.15, 0.2) is 18.3 Å². The smallest absolute Gasteiger partial charge is 0.325 e. The Kier molecular flexibility index (Phi) is 5.90. The highest BCUT2D eigenvalue weighted by molar-refractivity contribution is 6.09. The Hall–Kier alpha value is -2.68. The summed E-state index contributed by atoms with van der Waals surface area (Å²) >= 11 is 0. The van der Waals surface area contributed by atoms with E-state index in [9.17, 15) is 14.4 Å². The van der Waals surface area contributed by atoms with Crippen molar-refractivity contribution in [2.24, 2.45) is 5.92 Å². The lowest BCUT2D eigenvalue weighted by molar-refractivity contribution is -0.136. The Morgan fingerprint density at radius 2 is 2.03 bits per heavy atom. The Morgan fingerprint density at radius 1 is 1.30 bits per heavy atom. The Morgan fingerprint density at radius 3 is 2.77 bits per heavy atom. The number of urea groups is 1. The number of nitrogens with one attached hydrogen (secondary N) is 2. The SMILES string of the molecule is CC1CCC2(CC1)NC(=O)N(CC(=O)NCc1ccnc(N3CCOCC3)c1)C2=O. The van der Waals surface area contributed by atoms with Gasteiger partial charge in [-0.1, -0.05) is 6.92 Å². The van der Waals surface area contributed by atoms with E-state index >= 15 is 0 Å². The maximum Gasteiger partial charge on any atom is 0.325 e. The van der Waals surface area contributed by atoms with Gasteiger partial charge in [-0.2, -0.15) is 0 Å². The van der Waals surface area contributed by atoms with Gasteiger partial charge >= 0.3 is 6.03 Å². The number of rotatable bonds is 5. The molecule has 30 heavy (non-hydrogen) atoms. The van der Waals surface area contributed by atoms with E-state index in [-0.39, 0.29) is 18.4 Å². The molecule has 0 radical (unpaired) electrons. The van der Waals surface area contributed by atoms with Crippen molar-refractivity contribution < 1.29 is 19.1 Å². The first-order valence-electron chi connectivity index (χ1n) is 10.7. The molecule has 1 aromatic rings. The number of amides is 4. The van der Waals surface area contributed by atoms with Crippen LogP contribution in [0.2, 0.25) is 0 Å². The third-order valence-corrected chi connectivity index (χ3v) is 6.31. The summed E-state index contributed by atoms with van der Waals surface area (Å²) in [7, 11) is 0. The first-order chi connectivity index (χ1) is 14.5. The first-order valence-corrected chi connectivity index (χ1v) is 10.7. The maximum absolute atomic E-state index is 12.9. The van der Waals surface area contributed by atoms with Crippen LogP contribution in [0.1, 0.15) is 38.2 Å². The molecule has 0 aromatic carbocycles. The number of aromatic nitrogens is 1. The zero-order valence-corrected chi connectivity index (χ0v) is 17.4. The number of carbonyl (C=O) groups excluding carboxylic acids is 3. The molecule has 1 spiro atoms. The van der Waals surface area contributed by atoms with E-state index in [0.717, 1.165) is 42.2 Å². The molecule has 2 saturated heterocycles. The van der Waals surface area contributed by atoms with E-state index in [1.807, 2.05) is 12.1 Å². The fourth-order valence-corrected chi connectivity index (χ4v) is 4.35. The van der Waals surface area contributed by atoms with E-state index in [0.29, 0.717) is 38.5 Å². The van der Waals surface area contributed by atoms with Crippen molar-refractivity contribution in [3.8, 4) is 0 Å². The topological polar surface area (TPSA) is 104 Å². The van der Waals surface area contributed by atoms with Crippen LogP contribution in [-0.2, 0) is 20.9 Å². The molecule has 0 bridgehead atoms. The van der Waals surface area contributed by atoms with Crippen LogP contribution in [0.25, 0.3) is 0 Å². The van der Waals surface area contributed by atoms with E-state index in [1.54, 1.807) is 6.20 Å². The normalized spacial score (nSPS) is 26.8. The van der Waals surface area contributed by atoms with Crippen LogP contribution >= 0.6 is 0 Å². The van der Waals surface area contributed by atoms with Gasteiger partial charge in [-0.25, -0.2) is 9.78 Å². The minimum absolute atomic E-state index is 0.261. The van der Waals surface area contributed by atoms with Gasteiger partial charge in [-0.05, 0) is 49.3 Å². The average molecular weight is 415 g/mol. The largest absolute Gasteiger partial charge is 0.378 e. The van der Waals surface area contributed by atoms with Gasteiger partial charge in [0.2, 0.25) is 5.91 Å². The van der Waals surface area contributed by atoms with Crippen molar-refractivity contribution in [3.05, 3.63) is 23.9 Å². The second-order valence-electron chi connectivity index (χ2n) is 8.48. The lowest BCUT2D eigenvalue weighted by Gasteiger charge is -2.33. The summed E-state index contributed by atoms with van der Waals surface area (Å²) < 4.78 is 5.37. The number of hydrogen-bond donors (Lipinski definition) is 2. The van der Waals surface area contributed by atoms with Crippen LogP contribution in [0.5, 0.6) is 0 Å². The highest BCUT2D eigenvalue weighted by Crippen LogP contribution is 2.36. The zero-order valence-electron chi connectivity index (χ0n) is 17.4. The predicted molar refractivity (Wildman–Crippen MR) is 110 cm³/mol. The Bertz CT molecular complexity index is 815. The summed E-state index contributed by atoms with van der Waals surface area (Å²) in [6.45, 7) is 5.13. The van der Waals surface area contributed by atoms with E-state index < -0.39 is 11.6 Å². The van der Waals surface area contributed by atoms with Gasteiger partial charge in [-0.3, -0.25) is 14.5 Å². The number of ether oxygens (including phenoxy) is 1. The highest BCUT2D eigenvalue weighted by Gasteiger charge is 2.52. The monoisotopic (exact) mass is 415 g/mol. The quantitative estimate of drug-likeness (QED) is 0.697. The van der Waals surface area contributed by atoms with E-state index in [1.165, 1.54) is 0 Å². The minimum Gasteiger partial charge on any atom is -0.378 e. The van der Waals surface area contributed by atoms with Crippen molar-refractivity contribution in [1.82, 2.24) is 20.5 Å². The number of nitrogens with zero attached hydrogens (tertiary/aromatic N) is 3. The van der Waals surface area contributed by atoms with Gasteiger partial charge in [0.1, 0.15) is 17.9 Å². The van der Waals surface area contributed by atoms with Gasteiger partial charge in [0.15, 0.2) is 0 Å². The fraction of sp³-hybridized carbons (Fsp3) is 0.619. The lowest BCUT2D eigenvalue weighted by Crippen LogP contribution is -2.49. The number of anilines is 1. The summed E-state index contributed by atoms with van der Waals surface area (Å²) in [5.74, 6) is 0.783. The van der Waals surface area contributed by atoms with Gasteiger partial charge in [0.05, 0.1) is 13.2 Å². The molecule has 3 aliphatic rings. The summed E-state index contributed by atoms with van der Waals surface area (Å²) in [4.78, 5) is 45.3. The van der Waals surface area contributed by atoms with E-state index in [2.05, 4.69) is 27.4 Å². The van der Waals surface area contributed by atoms with Crippen LogP contribution in [0.4, 0.5) is 10.6 Å².